The van der Waals surface area contributed by atoms with Crippen LogP contribution < -0.4 is 0 Å². The van der Waals surface area contributed by atoms with Crippen molar-refractivity contribution >= 4 is 0 Å². The third-order valence-corrected chi connectivity index (χ3v) is 0. The number of rotatable bonds is 0. The quantitative estimate of drug-likeness (QED) is 0.453. The van der Waals surface area contributed by atoms with Crippen LogP contribution in [0.15, 0.2) is 0 Å². The van der Waals surface area contributed by atoms with Crippen LogP contribution in [0.3, 0.4) is 0 Å². The average Bonchev–Trinajstić information content (AvgIpc) is 0.811. The molecule has 1 nitrogen and oxygen atoms in total. The van der Waals surface area contributed by atoms with Crippen LogP contribution >= 0.6 is 0 Å². The molecule has 0 aliphatic carbocycles. The summed E-state index contributed by atoms with van der Waals surface area (Å²) in [6.45, 7) is 3.44. The molecule has 0 spiro atoms. The zero-order valence-corrected chi connectivity index (χ0v) is 4.48. The average molecular weight is 116 g/mol. The zero-order valence-electron chi connectivity index (χ0n) is 3.38. The molecule has 0 radical (unpaired) electrons. The van der Waals surface area contributed by atoms with Gasteiger partial charge < -0.3 is 5.11 Å². The Morgan fingerprint density at radius 1 is 1.40 bits per heavy atom. The molecule has 0 fully saturated rings. The van der Waals surface area contributed by atoms with Crippen LogP contribution in [0.25, 0.3) is 0 Å². The number of hydrogen-bond acceptors (Lipinski definition) is 1. The molecule has 0 aliphatic rings. The molecule has 0 rings (SSSR count). The summed E-state index contributed by atoms with van der Waals surface area (Å²) in [7, 11) is 0. The maximum absolute atomic E-state index is 8.06. The van der Waals surface area contributed by atoms with Gasteiger partial charge in [0, 0.05) is 6.10 Å². The van der Waals surface area contributed by atoms with Crippen LogP contribution in [-0.2, 0) is 17.1 Å². The Kier molecular flexibility index (Phi) is 8.14. The topological polar surface area (TPSA) is 20.2 Å². The van der Waals surface area contributed by atoms with E-state index in [-0.39, 0.29) is 23.2 Å². The van der Waals surface area contributed by atoms with Crippen molar-refractivity contribution in [1.29, 1.82) is 0 Å². The van der Waals surface area contributed by atoms with E-state index < -0.39 is 0 Å². The summed E-state index contributed by atoms with van der Waals surface area (Å²) < 4.78 is 0. The molecule has 2 heteroatoms. The molecule has 0 aromatic heterocycles. The molecular weight excluding hydrogens is 108 g/mol. The van der Waals surface area contributed by atoms with Gasteiger partial charge in [-0.05, 0) is 13.8 Å². The van der Waals surface area contributed by atoms with E-state index in [2.05, 4.69) is 0 Å². The molecule has 5 heavy (non-hydrogen) atoms. The normalized spacial score (nSPS) is 7.20. The first-order valence-corrected chi connectivity index (χ1v) is 1.41. The summed E-state index contributed by atoms with van der Waals surface area (Å²) in [4.78, 5) is 0. The molecule has 0 aliphatic heterocycles. The maximum Gasteiger partial charge on any atom is 2.00 e. The van der Waals surface area contributed by atoms with Gasteiger partial charge in [0.2, 0.25) is 0 Å². The van der Waals surface area contributed by atoms with Gasteiger partial charge in [0.05, 0.1) is 0 Å². The Hall–Kier alpha value is 0.479. The molecule has 0 amide bonds. The number of aliphatic hydroxyl groups excluding tert-OH is 1. The predicted molar refractivity (Wildman–Crippen MR) is 17.4 cm³/mol. The van der Waals surface area contributed by atoms with Gasteiger partial charge in [-0.25, -0.2) is 0 Å². The first-order chi connectivity index (χ1) is 1.73. The summed E-state index contributed by atoms with van der Waals surface area (Å²) in [5.74, 6) is 0. The Bertz CT molecular complexity index is 11.6. The summed E-state index contributed by atoms with van der Waals surface area (Å²) in [5.41, 5.74) is 0. The summed E-state index contributed by atoms with van der Waals surface area (Å²) >= 11 is 0. The van der Waals surface area contributed by atoms with Gasteiger partial charge in [0.1, 0.15) is 0 Å². The van der Waals surface area contributed by atoms with Gasteiger partial charge >= 0.3 is 17.1 Å². The third-order valence-electron chi connectivity index (χ3n) is 0. The summed E-state index contributed by atoms with van der Waals surface area (Å²) in [5, 5.41) is 8.06. The van der Waals surface area contributed by atoms with E-state index in [1.165, 1.54) is 0 Å². The largest absolute Gasteiger partial charge is 2.00 e. The van der Waals surface area contributed by atoms with E-state index in [0.29, 0.717) is 0 Å². The van der Waals surface area contributed by atoms with Crippen molar-refractivity contribution < 1.29 is 22.2 Å². The minimum atomic E-state index is -0.167. The first-order valence-electron chi connectivity index (χ1n) is 1.41. The van der Waals surface area contributed by atoms with Crippen LogP contribution in [0.4, 0.5) is 0 Å². The molecular formula is C3H8FeO+2. The second-order valence-corrected chi connectivity index (χ2v) is 1.09. The van der Waals surface area contributed by atoms with Crippen LogP contribution in [0.1, 0.15) is 13.8 Å². The predicted octanol–water partition coefficient (Wildman–Crippen LogP) is 0.385. The van der Waals surface area contributed by atoms with Gasteiger partial charge in [0.15, 0.2) is 0 Å². The van der Waals surface area contributed by atoms with E-state index in [1.807, 2.05) is 0 Å². The maximum atomic E-state index is 8.06. The minimum Gasteiger partial charge on any atom is -0.394 e. The number of aliphatic hydroxyl groups is 1. The molecule has 1 N–H and O–H groups in total. The van der Waals surface area contributed by atoms with Crippen molar-refractivity contribution in [3.8, 4) is 0 Å². The van der Waals surface area contributed by atoms with E-state index in [9.17, 15) is 0 Å². The zero-order chi connectivity index (χ0) is 3.58. The van der Waals surface area contributed by atoms with Crippen molar-refractivity contribution in [3.63, 3.8) is 0 Å². The van der Waals surface area contributed by atoms with Crippen LogP contribution in [0.2, 0.25) is 0 Å². The fraction of sp³-hybridized carbons (Fsp3) is 1.00. The Balaban J connectivity index is 0. The summed E-state index contributed by atoms with van der Waals surface area (Å²) in [6.07, 6.45) is -0.167. The van der Waals surface area contributed by atoms with Crippen LogP contribution in [0, 0.1) is 0 Å². The molecule has 0 aromatic carbocycles. The molecule has 32 valence electrons. The van der Waals surface area contributed by atoms with Crippen molar-refractivity contribution in [2.24, 2.45) is 0 Å². The monoisotopic (exact) mass is 116 g/mol. The second kappa shape index (κ2) is 4.48. The van der Waals surface area contributed by atoms with Gasteiger partial charge in [0.25, 0.3) is 0 Å². The Morgan fingerprint density at radius 2 is 1.40 bits per heavy atom. The third kappa shape index (κ3) is 120. The fourth-order valence-electron chi connectivity index (χ4n) is 0. The molecule has 0 unspecified atom stereocenters. The van der Waals surface area contributed by atoms with E-state index in [4.69, 9.17) is 5.11 Å². The number of hydrogen-bond donors (Lipinski definition) is 1. The van der Waals surface area contributed by atoms with Gasteiger partial charge in [-0.1, -0.05) is 0 Å². The van der Waals surface area contributed by atoms with Crippen LogP contribution in [-0.4, -0.2) is 11.2 Å². The van der Waals surface area contributed by atoms with Gasteiger partial charge in [-0.2, -0.15) is 0 Å². The first kappa shape index (κ1) is 9.08. The molecule has 0 heterocycles. The standard InChI is InChI=1S/C3H8O.Fe/c1-3(2)4;/h3-4H,1-2H3;/q;+2. The second-order valence-electron chi connectivity index (χ2n) is 1.09. The van der Waals surface area contributed by atoms with Crippen molar-refractivity contribution in [2.75, 3.05) is 0 Å². The van der Waals surface area contributed by atoms with Crippen LogP contribution in [0.5, 0.6) is 0 Å². The van der Waals surface area contributed by atoms with E-state index in [0.717, 1.165) is 0 Å². The molecule has 0 aromatic rings. The Labute approximate surface area is 42.9 Å². The molecule has 0 bridgehead atoms. The van der Waals surface area contributed by atoms with Crippen molar-refractivity contribution in [2.45, 2.75) is 20.0 Å². The summed E-state index contributed by atoms with van der Waals surface area (Å²) in [6, 6.07) is 0. The fourth-order valence-corrected chi connectivity index (χ4v) is 0. The van der Waals surface area contributed by atoms with E-state index in [1.54, 1.807) is 13.8 Å². The van der Waals surface area contributed by atoms with Gasteiger partial charge in [-0.3, -0.25) is 0 Å². The molecule has 0 saturated carbocycles. The van der Waals surface area contributed by atoms with E-state index >= 15 is 0 Å². The minimum absolute atomic E-state index is 0. The Morgan fingerprint density at radius 3 is 1.40 bits per heavy atom. The van der Waals surface area contributed by atoms with Crippen molar-refractivity contribution in [1.82, 2.24) is 0 Å². The van der Waals surface area contributed by atoms with Gasteiger partial charge in [-0.15, -0.1) is 0 Å². The van der Waals surface area contributed by atoms with Crippen molar-refractivity contribution in [3.05, 3.63) is 0 Å². The molecule has 0 saturated heterocycles. The SMILES string of the molecule is CC(C)O.[Fe+2]. The smallest absolute Gasteiger partial charge is 0.394 e. The molecule has 0 atom stereocenters.